The van der Waals surface area contributed by atoms with Gasteiger partial charge in [-0.15, -0.1) is 0 Å². The van der Waals surface area contributed by atoms with Gasteiger partial charge in [-0.2, -0.15) is 13.2 Å². The number of piperidine rings is 1. The van der Waals surface area contributed by atoms with Crippen LogP contribution in [-0.4, -0.2) is 36.7 Å². The maximum Gasteiger partial charge on any atom is 0.391 e. The number of amides is 2. The summed E-state index contributed by atoms with van der Waals surface area (Å²) in [5, 5.41) is 2.57. The largest absolute Gasteiger partial charge is 0.391 e. The van der Waals surface area contributed by atoms with Crippen LogP contribution in [0.4, 0.5) is 18.0 Å². The summed E-state index contributed by atoms with van der Waals surface area (Å²) in [5.74, 6) is -1.25. The Morgan fingerprint density at radius 2 is 1.58 bits per heavy atom. The van der Waals surface area contributed by atoms with E-state index in [-0.39, 0.29) is 32.0 Å². The van der Waals surface area contributed by atoms with Crippen molar-refractivity contribution in [2.75, 3.05) is 19.6 Å². The molecule has 0 unspecified atom stereocenters. The van der Waals surface area contributed by atoms with E-state index in [1.54, 1.807) is 6.92 Å². The minimum atomic E-state index is -4.12. The summed E-state index contributed by atoms with van der Waals surface area (Å²) in [6.45, 7) is 10.7. The summed E-state index contributed by atoms with van der Waals surface area (Å²) >= 11 is 0. The third-order valence-electron chi connectivity index (χ3n) is 2.57. The van der Waals surface area contributed by atoms with Gasteiger partial charge in [-0.25, -0.2) is 4.79 Å². The maximum atomic E-state index is 12.3. The number of carbonyl (C=O) groups is 1. The number of hydrogen-bond donors (Lipinski definition) is 1. The second kappa shape index (κ2) is 10.9. The number of alkyl halides is 3. The van der Waals surface area contributed by atoms with Crippen LogP contribution in [0.1, 0.15) is 47.5 Å². The number of halogens is 3. The molecular formula is C13H27F3N2O. The first-order valence-electron chi connectivity index (χ1n) is 7.04. The van der Waals surface area contributed by atoms with Gasteiger partial charge in [-0.1, -0.05) is 27.7 Å². The first-order valence-corrected chi connectivity index (χ1v) is 7.04. The molecule has 3 nitrogen and oxygen atoms in total. The van der Waals surface area contributed by atoms with Gasteiger partial charge in [0, 0.05) is 19.6 Å². The van der Waals surface area contributed by atoms with Gasteiger partial charge in [0.15, 0.2) is 0 Å². The number of hydrogen-bond acceptors (Lipinski definition) is 1. The Balaban J connectivity index is 0. The molecule has 19 heavy (non-hydrogen) atoms. The summed E-state index contributed by atoms with van der Waals surface area (Å²) in [7, 11) is 0. The predicted octanol–water partition coefficient (Wildman–Crippen LogP) is 4.04. The van der Waals surface area contributed by atoms with E-state index < -0.39 is 12.1 Å². The zero-order valence-electron chi connectivity index (χ0n) is 12.6. The molecule has 2 amide bonds. The number of rotatable bonds is 1. The second-order valence-corrected chi connectivity index (χ2v) is 3.64. The summed E-state index contributed by atoms with van der Waals surface area (Å²) in [6, 6.07) is -0.266. The van der Waals surface area contributed by atoms with Crippen molar-refractivity contribution in [2.24, 2.45) is 5.92 Å². The van der Waals surface area contributed by atoms with Gasteiger partial charge in [0.25, 0.3) is 0 Å². The molecule has 1 aliphatic rings. The van der Waals surface area contributed by atoms with Crippen molar-refractivity contribution in [3.63, 3.8) is 0 Å². The average molecular weight is 284 g/mol. The average Bonchev–Trinajstić information content (AvgIpc) is 2.43. The highest BCUT2D eigenvalue weighted by atomic mass is 19.4. The smallest absolute Gasteiger partial charge is 0.338 e. The normalized spacial score (nSPS) is 15.7. The van der Waals surface area contributed by atoms with Gasteiger partial charge in [0.2, 0.25) is 0 Å². The molecule has 1 N–H and O–H groups in total. The van der Waals surface area contributed by atoms with Crippen LogP contribution in [0.3, 0.4) is 0 Å². The van der Waals surface area contributed by atoms with Crippen LogP contribution < -0.4 is 5.32 Å². The van der Waals surface area contributed by atoms with Crippen LogP contribution >= 0.6 is 0 Å². The fourth-order valence-corrected chi connectivity index (χ4v) is 1.67. The zero-order chi connectivity index (χ0) is 15.5. The number of urea groups is 1. The number of likely N-dealkylation sites (tertiary alicyclic amines) is 1. The third kappa shape index (κ3) is 7.95. The number of nitrogens with zero attached hydrogens (tertiary/aromatic N) is 1. The monoisotopic (exact) mass is 284 g/mol. The topological polar surface area (TPSA) is 32.3 Å². The molecule has 0 aliphatic carbocycles. The highest BCUT2D eigenvalue weighted by Crippen LogP contribution is 2.33. The molecule has 116 valence electrons. The summed E-state index contributed by atoms with van der Waals surface area (Å²) in [5.41, 5.74) is 0. The van der Waals surface area contributed by atoms with E-state index in [9.17, 15) is 18.0 Å². The number of nitrogens with one attached hydrogen (secondary N) is 1. The number of carbonyl (C=O) groups excluding carboxylic acids is 1. The lowest BCUT2D eigenvalue weighted by Crippen LogP contribution is -2.46. The highest BCUT2D eigenvalue weighted by Gasteiger charge is 2.41. The van der Waals surface area contributed by atoms with Gasteiger partial charge in [0.05, 0.1) is 5.92 Å². The van der Waals surface area contributed by atoms with Gasteiger partial charge < -0.3 is 10.2 Å². The molecule has 0 aromatic rings. The minimum Gasteiger partial charge on any atom is -0.338 e. The molecule has 1 aliphatic heterocycles. The van der Waals surface area contributed by atoms with Crippen molar-refractivity contribution >= 4 is 6.03 Å². The molecule has 1 saturated heterocycles. The van der Waals surface area contributed by atoms with Crippen LogP contribution in [0.15, 0.2) is 0 Å². The Morgan fingerprint density at radius 1 is 1.16 bits per heavy atom. The van der Waals surface area contributed by atoms with E-state index >= 15 is 0 Å². The van der Waals surface area contributed by atoms with E-state index in [1.165, 1.54) is 4.90 Å². The van der Waals surface area contributed by atoms with E-state index in [4.69, 9.17) is 0 Å². The molecule has 0 spiro atoms. The Hall–Kier alpha value is -0.940. The standard InChI is InChI=1S/C9H15F3N2O.2C2H6/c1-2-13-8(15)14-5-3-7(4-6-14)9(10,11)12;2*1-2/h7H,2-6H2,1H3,(H,13,15);2*1-2H3. The van der Waals surface area contributed by atoms with Crippen molar-refractivity contribution in [1.82, 2.24) is 10.2 Å². The quantitative estimate of drug-likeness (QED) is 0.774. The van der Waals surface area contributed by atoms with Crippen LogP contribution in [0.2, 0.25) is 0 Å². The van der Waals surface area contributed by atoms with Gasteiger partial charge in [0.1, 0.15) is 0 Å². The molecule has 6 heteroatoms. The predicted molar refractivity (Wildman–Crippen MR) is 72.1 cm³/mol. The van der Waals surface area contributed by atoms with Crippen molar-refractivity contribution in [2.45, 2.75) is 53.6 Å². The van der Waals surface area contributed by atoms with Gasteiger partial charge in [-0.3, -0.25) is 0 Å². The fraction of sp³-hybridized carbons (Fsp3) is 0.923. The van der Waals surface area contributed by atoms with E-state index in [0.29, 0.717) is 6.54 Å². The van der Waals surface area contributed by atoms with Crippen molar-refractivity contribution in [3.05, 3.63) is 0 Å². The summed E-state index contributed by atoms with van der Waals surface area (Å²) < 4.78 is 36.9. The molecule has 0 atom stereocenters. The van der Waals surface area contributed by atoms with E-state index in [2.05, 4.69) is 5.32 Å². The maximum absolute atomic E-state index is 12.3. The van der Waals surface area contributed by atoms with Crippen molar-refractivity contribution < 1.29 is 18.0 Å². The molecule has 1 fully saturated rings. The van der Waals surface area contributed by atoms with E-state index in [0.717, 1.165) is 0 Å². The van der Waals surface area contributed by atoms with Gasteiger partial charge in [-0.05, 0) is 19.8 Å². The lowest BCUT2D eigenvalue weighted by molar-refractivity contribution is -0.183. The van der Waals surface area contributed by atoms with E-state index in [1.807, 2.05) is 27.7 Å². The summed E-state index contributed by atoms with van der Waals surface area (Å²) in [4.78, 5) is 12.7. The molecule has 1 rings (SSSR count). The molecule has 0 bridgehead atoms. The van der Waals surface area contributed by atoms with Crippen LogP contribution in [0.5, 0.6) is 0 Å². The SMILES string of the molecule is CC.CC.CCNC(=O)N1CCC(C(F)(F)F)CC1. The molecule has 0 radical (unpaired) electrons. The Kier molecular flexibility index (Phi) is 11.7. The Morgan fingerprint density at radius 3 is 1.89 bits per heavy atom. The lowest BCUT2D eigenvalue weighted by Gasteiger charge is -2.32. The first-order chi connectivity index (χ1) is 8.95. The molecule has 0 saturated carbocycles. The fourth-order valence-electron chi connectivity index (χ4n) is 1.67. The Labute approximate surface area is 114 Å². The van der Waals surface area contributed by atoms with Crippen LogP contribution in [0, 0.1) is 5.92 Å². The molecular weight excluding hydrogens is 257 g/mol. The minimum absolute atomic E-state index is 0.0145. The third-order valence-corrected chi connectivity index (χ3v) is 2.57. The lowest BCUT2D eigenvalue weighted by atomic mass is 9.96. The molecule has 0 aromatic carbocycles. The zero-order valence-corrected chi connectivity index (χ0v) is 12.6. The summed E-state index contributed by atoms with van der Waals surface area (Å²) in [6.07, 6.45) is -4.09. The van der Waals surface area contributed by atoms with Crippen LogP contribution in [0.25, 0.3) is 0 Å². The highest BCUT2D eigenvalue weighted by molar-refractivity contribution is 5.74. The Bertz CT molecular complexity index is 224. The van der Waals surface area contributed by atoms with Crippen molar-refractivity contribution in [3.8, 4) is 0 Å². The first kappa shape index (κ1) is 20.4. The van der Waals surface area contributed by atoms with Crippen molar-refractivity contribution in [1.29, 1.82) is 0 Å². The van der Waals surface area contributed by atoms with Gasteiger partial charge >= 0.3 is 12.2 Å². The van der Waals surface area contributed by atoms with Crippen LogP contribution in [-0.2, 0) is 0 Å². The molecule has 1 heterocycles. The second-order valence-electron chi connectivity index (χ2n) is 3.64. The molecule has 0 aromatic heterocycles.